The first-order valence-electron chi connectivity index (χ1n) is 22.9. The molecule has 0 amide bonds. The molecule has 0 aliphatic carbocycles. The van der Waals surface area contributed by atoms with Crippen LogP contribution in [0, 0.1) is 35.5 Å². The predicted molar refractivity (Wildman–Crippen MR) is 292 cm³/mol. The van der Waals surface area contributed by atoms with Crippen molar-refractivity contribution in [2.24, 2.45) is 35.5 Å². The number of hydrogen-bond donors (Lipinski definition) is 1. The van der Waals surface area contributed by atoms with Gasteiger partial charge in [0.1, 0.15) is 0 Å². The third-order valence-corrected chi connectivity index (χ3v) is 12.6. The summed E-state index contributed by atoms with van der Waals surface area (Å²) in [5.41, 5.74) is 0. The van der Waals surface area contributed by atoms with E-state index in [1.807, 2.05) is 18.2 Å². The van der Waals surface area contributed by atoms with Crippen molar-refractivity contribution in [3.05, 3.63) is 50.1 Å². The van der Waals surface area contributed by atoms with Gasteiger partial charge in [-0.2, -0.15) is 0 Å². The van der Waals surface area contributed by atoms with Crippen molar-refractivity contribution >= 4 is 43.2 Å². The van der Waals surface area contributed by atoms with E-state index in [9.17, 15) is 9.59 Å². The predicted octanol–water partition coefficient (Wildman–Crippen LogP) is 10.2. The molecule has 3 heterocycles. The average Bonchev–Trinajstić information content (AvgIpc) is 3.92. The van der Waals surface area contributed by atoms with Crippen molar-refractivity contribution < 1.29 is 23.8 Å². The topological polar surface area (TPSA) is 90.1 Å². The van der Waals surface area contributed by atoms with E-state index in [4.69, 9.17) is 32.7 Å². The summed E-state index contributed by atoms with van der Waals surface area (Å²) in [6, 6.07) is 0. The van der Waals surface area contributed by atoms with Crippen molar-refractivity contribution in [2.75, 3.05) is 138 Å². The summed E-state index contributed by atoms with van der Waals surface area (Å²) < 4.78 is 14.1. The second kappa shape index (κ2) is 47.5. The van der Waals surface area contributed by atoms with Crippen LogP contribution in [0.4, 0.5) is 0 Å². The van der Waals surface area contributed by atoms with Gasteiger partial charge in [0.05, 0.1) is 40.3 Å². The number of nitrogens with one attached hydrogen (secondary N) is 1. The Balaban J connectivity index is -0.000000165. The SMILES string of the molecule is C.C.C.C/C=C/C(=O)OC.C=CCN(COC)C[Si](C)(C)C.C=CCN1CC(C)C(C(=O)OC)C1.C=CCN1CC(C)C(CN(CC)CC)C1.CCN(CC)CC1CNCC1C.ClCCl. The zero-order valence-electron chi connectivity index (χ0n) is 42.2. The quantitative estimate of drug-likeness (QED) is 0.0316. The Labute approximate surface area is 415 Å². The number of carbonyl (C=O) groups excluding carboxylic acids is 2. The molecule has 1 N–H and O–H groups in total. The summed E-state index contributed by atoms with van der Waals surface area (Å²) in [6.07, 6.45) is 9.98. The second-order valence-electron chi connectivity index (χ2n) is 17.6. The molecule has 3 fully saturated rings. The molecule has 3 rings (SSSR count). The lowest BCUT2D eigenvalue weighted by molar-refractivity contribution is -0.146. The minimum absolute atomic E-state index is 0. The molecule has 0 spiro atoms. The highest BCUT2D eigenvalue weighted by Crippen LogP contribution is 2.24. The lowest BCUT2D eigenvalue weighted by Crippen LogP contribution is -2.41. The van der Waals surface area contributed by atoms with Crippen LogP contribution in [-0.4, -0.2) is 182 Å². The van der Waals surface area contributed by atoms with Crippen LogP contribution in [-0.2, 0) is 23.8 Å². The molecule has 6 atom stereocenters. The number of esters is 2. The van der Waals surface area contributed by atoms with Crippen LogP contribution >= 0.6 is 23.2 Å². The van der Waals surface area contributed by atoms with Crippen molar-refractivity contribution in [2.45, 2.75) is 97.3 Å². The third-order valence-electron chi connectivity index (χ3n) is 11.2. The van der Waals surface area contributed by atoms with Crippen LogP contribution in [0.3, 0.4) is 0 Å². The first-order chi connectivity index (χ1) is 29.4. The molecule has 3 aliphatic heterocycles. The molecule has 0 aromatic rings. The summed E-state index contributed by atoms with van der Waals surface area (Å²) in [5, 5.41) is 3.64. The number of nitrogens with zero attached hydrogens (tertiary/aromatic N) is 5. The van der Waals surface area contributed by atoms with E-state index in [-0.39, 0.29) is 45.5 Å². The number of halogens is 2. The monoisotopic (exact) mass is 983 g/mol. The maximum absolute atomic E-state index is 11.3. The zero-order chi connectivity index (χ0) is 48.1. The third kappa shape index (κ3) is 39.0. The van der Waals surface area contributed by atoms with E-state index >= 15 is 0 Å². The van der Waals surface area contributed by atoms with Crippen molar-refractivity contribution in [1.29, 1.82) is 0 Å². The largest absolute Gasteiger partial charge is 0.469 e. The van der Waals surface area contributed by atoms with Crippen molar-refractivity contribution in [3.8, 4) is 0 Å². The van der Waals surface area contributed by atoms with Gasteiger partial charge in [-0.25, -0.2) is 4.79 Å². The number of alkyl halides is 2. The van der Waals surface area contributed by atoms with Gasteiger partial charge in [-0.1, -0.05) is 115 Å². The van der Waals surface area contributed by atoms with Crippen molar-refractivity contribution in [1.82, 2.24) is 29.8 Å². The number of rotatable bonds is 20. The maximum Gasteiger partial charge on any atom is 0.330 e. The Hall–Kier alpha value is -1.58. The lowest BCUT2D eigenvalue weighted by atomic mass is 9.98. The number of ether oxygens (including phenoxy) is 3. The fourth-order valence-corrected chi connectivity index (χ4v) is 9.27. The molecule has 0 radical (unpaired) electrons. The van der Waals surface area contributed by atoms with Gasteiger partial charge < -0.3 is 29.3 Å². The second-order valence-corrected chi connectivity index (χ2v) is 23.9. The Morgan fingerprint density at radius 3 is 1.54 bits per heavy atom. The average molecular weight is 984 g/mol. The molecular formula is C51H108Cl2N6O5Si. The molecule has 65 heavy (non-hydrogen) atoms. The van der Waals surface area contributed by atoms with Gasteiger partial charge in [-0.3, -0.25) is 19.5 Å². The normalized spacial score (nSPS) is 21.2. The molecule has 14 heteroatoms. The van der Waals surface area contributed by atoms with Gasteiger partial charge in [0.15, 0.2) is 0 Å². The molecule has 0 saturated carbocycles. The Morgan fingerprint density at radius 2 is 1.18 bits per heavy atom. The van der Waals surface area contributed by atoms with Gasteiger partial charge in [0.2, 0.25) is 0 Å². The van der Waals surface area contributed by atoms with Gasteiger partial charge in [0.25, 0.3) is 0 Å². The van der Waals surface area contributed by atoms with Gasteiger partial charge in [-0.15, -0.1) is 42.9 Å². The van der Waals surface area contributed by atoms with Crippen molar-refractivity contribution in [3.63, 3.8) is 0 Å². The van der Waals surface area contributed by atoms with Gasteiger partial charge in [-0.05, 0) is 81.9 Å². The molecule has 11 nitrogen and oxygen atoms in total. The van der Waals surface area contributed by atoms with Crippen LogP contribution in [0.5, 0.6) is 0 Å². The summed E-state index contributed by atoms with van der Waals surface area (Å²) in [7, 11) is 3.54. The summed E-state index contributed by atoms with van der Waals surface area (Å²) in [6.45, 7) is 53.5. The fourth-order valence-electron chi connectivity index (χ4n) is 7.71. The van der Waals surface area contributed by atoms with Crippen LogP contribution in [0.2, 0.25) is 19.6 Å². The Bertz CT molecular complexity index is 1160. The van der Waals surface area contributed by atoms with Crippen LogP contribution in [0.25, 0.3) is 0 Å². The zero-order valence-corrected chi connectivity index (χ0v) is 44.7. The fraction of sp³-hybridized carbons (Fsp3) is 0.804. The smallest absolute Gasteiger partial charge is 0.330 e. The molecule has 0 aromatic heterocycles. The minimum Gasteiger partial charge on any atom is -0.469 e. The summed E-state index contributed by atoms with van der Waals surface area (Å²) in [4.78, 5) is 33.5. The van der Waals surface area contributed by atoms with Crippen LogP contribution in [0.1, 0.15) is 77.7 Å². The summed E-state index contributed by atoms with van der Waals surface area (Å²) in [5.74, 6) is 3.49. The van der Waals surface area contributed by atoms with E-state index < -0.39 is 8.07 Å². The first-order valence-corrected chi connectivity index (χ1v) is 27.7. The van der Waals surface area contributed by atoms with Gasteiger partial charge >= 0.3 is 11.9 Å². The highest BCUT2D eigenvalue weighted by atomic mass is 35.5. The number of allylic oxidation sites excluding steroid dienone is 1. The number of hydrogen-bond acceptors (Lipinski definition) is 11. The standard InChI is InChI=1S/C13H26N2.C10H22N2.C10H17NO2.C9H21NOSi.C5H8O2.CH2Cl2.3CH4/c1-5-8-15-9-12(4)13(11-15)10-14(6-2)7-3;1-4-12(5-2)8-10-7-11-6-9(10)3;1-4-5-11-6-8(2)9(7-11)10(12)13-3;1-6-7-10(8-11-2)9-12(3,4)5;1-3-4-5(6)7-2;2-1-3;;;/h5,12-13H,1,6-11H2,2-4H3;9-11H,4-8H2,1-3H3;4,8-9H,1,5-7H2,2-3H3;6H,1,7-9H2,2-5H3;3-4H,1-2H3;1H2;3*1H4/b;;;;4-3+;;;;. The van der Waals surface area contributed by atoms with Gasteiger partial charge in [0, 0.05) is 72.1 Å². The molecule has 3 aliphatic rings. The molecule has 6 unspecified atom stereocenters. The molecule has 390 valence electrons. The Kier molecular flexibility index (Phi) is 54.7. The lowest BCUT2D eigenvalue weighted by Gasteiger charge is -2.26. The maximum atomic E-state index is 11.3. The summed E-state index contributed by atoms with van der Waals surface area (Å²) >= 11 is 9.53. The molecule has 0 bridgehead atoms. The van der Waals surface area contributed by atoms with E-state index in [0.29, 0.717) is 5.92 Å². The first kappa shape index (κ1) is 74.9. The molecular weight excluding hydrogens is 876 g/mol. The van der Waals surface area contributed by atoms with E-state index in [1.165, 1.54) is 91.9 Å². The highest BCUT2D eigenvalue weighted by Gasteiger charge is 2.35. The van der Waals surface area contributed by atoms with Crippen LogP contribution < -0.4 is 5.32 Å². The van der Waals surface area contributed by atoms with Crippen LogP contribution in [0.15, 0.2) is 50.1 Å². The molecule has 3 saturated heterocycles. The molecule has 0 aromatic carbocycles. The number of methoxy groups -OCH3 is 3. The van der Waals surface area contributed by atoms with E-state index in [0.717, 1.165) is 63.1 Å². The highest BCUT2D eigenvalue weighted by molar-refractivity contribution is 6.76. The minimum atomic E-state index is -0.997. The number of carbonyl (C=O) groups is 2. The van der Waals surface area contributed by atoms with E-state index in [2.05, 4.69) is 122 Å². The Morgan fingerprint density at radius 1 is 0.708 bits per heavy atom. The number of likely N-dealkylation sites (tertiary alicyclic amines) is 2. The van der Waals surface area contributed by atoms with E-state index in [1.54, 1.807) is 20.1 Å².